The first-order chi connectivity index (χ1) is 13.8. The molecule has 0 aromatic heterocycles. The minimum atomic E-state index is 0.232. The maximum absolute atomic E-state index is 2.67. The Bertz CT molecular complexity index is 731. The normalized spacial score (nSPS) is 40.0. The molecule has 7 atom stereocenters. The van der Waals surface area contributed by atoms with Crippen molar-refractivity contribution in [3.05, 3.63) is 47.6 Å². The molecule has 0 N–H and O–H groups in total. The van der Waals surface area contributed by atoms with Gasteiger partial charge in [0.25, 0.3) is 0 Å². The zero-order valence-electron chi connectivity index (χ0n) is 19.9. The van der Waals surface area contributed by atoms with Crippen LogP contribution in [0.2, 0.25) is 0 Å². The van der Waals surface area contributed by atoms with Crippen molar-refractivity contribution in [3.8, 4) is 0 Å². The highest BCUT2D eigenvalue weighted by molar-refractivity contribution is 5.48. The second-order valence-electron chi connectivity index (χ2n) is 11.6. The van der Waals surface area contributed by atoms with Crippen LogP contribution in [0.3, 0.4) is 0 Å². The molecule has 4 aliphatic carbocycles. The van der Waals surface area contributed by atoms with Crippen molar-refractivity contribution in [2.45, 2.75) is 86.5 Å². The van der Waals surface area contributed by atoms with Crippen molar-refractivity contribution in [3.63, 3.8) is 0 Å². The van der Waals surface area contributed by atoms with Gasteiger partial charge in [-0.2, -0.15) is 0 Å². The second kappa shape index (κ2) is 7.90. The Morgan fingerprint density at radius 1 is 0.966 bits per heavy atom. The van der Waals surface area contributed by atoms with Gasteiger partial charge in [-0.05, 0) is 78.6 Å². The van der Waals surface area contributed by atoms with Gasteiger partial charge >= 0.3 is 0 Å². The van der Waals surface area contributed by atoms with E-state index in [9.17, 15) is 0 Å². The van der Waals surface area contributed by atoms with Gasteiger partial charge in [-0.3, -0.25) is 0 Å². The lowest BCUT2D eigenvalue weighted by Crippen LogP contribution is -2.44. The quantitative estimate of drug-likeness (QED) is 0.425. The summed E-state index contributed by atoms with van der Waals surface area (Å²) >= 11 is 0. The zero-order valence-corrected chi connectivity index (χ0v) is 19.9. The average Bonchev–Trinajstić information content (AvgIpc) is 3.05. The molecule has 0 saturated heterocycles. The van der Waals surface area contributed by atoms with Crippen molar-refractivity contribution < 1.29 is 0 Å². The number of allylic oxidation sites excluding steroid dienone is 8. The summed E-state index contributed by atoms with van der Waals surface area (Å²) in [5, 5.41) is 0. The van der Waals surface area contributed by atoms with Gasteiger partial charge < -0.3 is 0 Å². The fourth-order valence-electron chi connectivity index (χ4n) is 7.96. The topological polar surface area (TPSA) is 0 Å². The van der Waals surface area contributed by atoms with Crippen LogP contribution in [0.1, 0.15) is 86.5 Å². The van der Waals surface area contributed by atoms with Gasteiger partial charge in [-0.25, -0.2) is 0 Å². The van der Waals surface area contributed by atoms with Crippen LogP contribution in [-0.2, 0) is 0 Å². The predicted molar refractivity (Wildman–Crippen MR) is 127 cm³/mol. The molecule has 0 nitrogen and oxygen atoms in total. The lowest BCUT2D eigenvalue weighted by atomic mass is 9.51. The molecule has 2 fully saturated rings. The second-order valence-corrected chi connectivity index (χ2v) is 11.6. The molecule has 4 rings (SSSR count). The van der Waals surface area contributed by atoms with E-state index in [4.69, 9.17) is 0 Å². The Kier molecular flexibility index (Phi) is 5.77. The molecule has 4 aliphatic rings. The molecule has 0 aromatic carbocycles. The molecule has 0 aromatic rings. The first-order valence-electron chi connectivity index (χ1n) is 12.6. The minimum absolute atomic E-state index is 0.232. The van der Waals surface area contributed by atoms with Gasteiger partial charge in [0.15, 0.2) is 0 Å². The van der Waals surface area contributed by atoms with E-state index in [0.717, 1.165) is 35.5 Å². The number of hydrogen-bond acceptors (Lipinski definition) is 0. The van der Waals surface area contributed by atoms with Crippen molar-refractivity contribution in [2.75, 3.05) is 0 Å². The summed E-state index contributed by atoms with van der Waals surface area (Å²) in [6.45, 7) is 15.0. The molecule has 0 unspecified atom stereocenters. The molecule has 0 spiro atoms. The molecule has 0 aliphatic heterocycles. The van der Waals surface area contributed by atoms with E-state index in [0.29, 0.717) is 5.41 Å². The summed E-state index contributed by atoms with van der Waals surface area (Å²) in [6, 6.07) is 0. The summed E-state index contributed by atoms with van der Waals surface area (Å²) in [5.41, 5.74) is 4.08. The van der Waals surface area contributed by atoms with Gasteiger partial charge in [0.2, 0.25) is 0 Å². The van der Waals surface area contributed by atoms with Crippen LogP contribution in [0, 0.1) is 46.3 Å². The van der Waals surface area contributed by atoms with Crippen molar-refractivity contribution in [1.29, 1.82) is 0 Å². The van der Waals surface area contributed by atoms with Crippen LogP contribution in [0.25, 0.3) is 0 Å². The Balaban J connectivity index is 1.52. The fraction of sp³-hybridized carbons (Fsp3) is 0.724. The van der Waals surface area contributed by atoms with Gasteiger partial charge in [0.1, 0.15) is 0 Å². The number of fused-ring (bicyclic) bond motifs is 5. The molecular weight excluding hydrogens is 348 g/mol. The molecular formula is C29H44. The standard InChI is InChI=1S/C29H44/c1-7-22(20(2)3)12-11-21(4)25-15-16-26-24-14-13-23-10-8-9-18-28(23,5)27(24)17-19-29(25,26)6/h8-10,13-14,18,20-22,25-27H,7,11-12,15-17,19H2,1-6H3/t21-,22-,25-,26+,27+,28+,29-/m1/s1. The van der Waals surface area contributed by atoms with Crippen molar-refractivity contribution in [1.82, 2.24) is 0 Å². The summed E-state index contributed by atoms with van der Waals surface area (Å²) in [7, 11) is 0. The van der Waals surface area contributed by atoms with Crippen LogP contribution in [0.4, 0.5) is 0 Å². The summed E-state index contributed by atoms with van der Waals surface area (Å²) < 4.78 is 0. The molecule has 0 heterocycles. The Hall–Kier alpha value is -1.04. The van der Waals surface area contributed by atoms with E-state index < -0.39 is 0 Å². The summed E-state index contributed by atoms with van der Waals surface area (Å²) in [4.78, 5) is 0. The third kappa shape index (κ3) is 3.43. The lowest BCUT2D eigenvalue weighted by molar-refractivity contribution is 0.0611. The third-order valence-corrected chi connectivity index (χ3v) is 9.96. The van der Waals surface area contributed by atoms with E-state index in [-0.39, 0.29) is 5.41 Å². The van der Waals surface area contributed by atoms with Gasteiger partial charge in [-0.15, -0.1) is 0 Å². The lowest BCUT2D eigenvalue weighted by Gasteiger charge is -2.53. The number of hydrogen-bond donors (Lipinski definition) is 0. The van der Waals surface area contributed by atoms with Crippen LogP contribution < -0.4 is 0 Å². The largest absolute Gasteiger partial charge is 0.0736 e. The van der Waals surface area contributed by atoms with Gasteiger partial charge in [-0.1, -0.05) is 96.4 Å². The molecule has 160 valence electrons. The fourth-order valence-corrected chi connectivity index (χ4v) is 7.96. The molecule has 0 bridgehead atoms. The summed E-state index contributed by atoms with van der Waals surface area (Å²) in [6.07, 6.45) is 24.2. The van der Waals surface area contributed by atoms with Crippen LogP contribution >= 0.6 is 0 Å². The van der Waals surface area contributed by atoms with E-state index in [2.05, 4.69) is 78.0 Å². The van der Waals surface area contributed by atoms with Crippen molar-refractivity contribution >= 4 is 0 Å². The van der Waals surface area contributed by atoms with E-state index in [1.165, 1.54) is 50.5 Å². The maximum atomic E-state index is 2.67. The van der Waals surface area contributed by atoms with Crippen LogP contribution in [0.15, 0.2) is 47.6 Å². The molecule has 0 radical (unpaired) electrons. The minimum Gasteiger partial charge on any atom is -0.0736 e. The molecule has 0 heteroatoms. The van der Waals surface area contributed by atoms with Gasteiger partial charge in [0, 0.05) is 5.41 Å². The Labute approximate surface area is 180 Å². The first kappa shape index (κ1) is 21.2. The summed E-state index contributed by atoms with van der Waals surface area (Å²) in [5.74, 6) is 5.07. The SMILES string of the molecule is CC[C@H](CC[C@@H](C)[C@H]1CC[C@H]2C3=CC=C4C=CC=C[C@]4(C)[C@H]3CC[C@]12C)C(C)C. The average molecular weight is 393 g/mol. The maximum Gasteiger partial charge on any atom is 0.0172 e. The zero-order chi connectivity index (χ0) is 20.8. The molecule has 0 amide bonds. The first-order valence-corrected chi connectivity index (χ1v) is 12.6. The highest BCUT2D eigenvalue weighted by Gasteiger charge is 2.55. The highest BCUT2D eigenvalue weighted by atomic mass is 14.6. The smallest absolute Gasteiger partial charge is 0.0172 e. The molecule has 2 saturated carbocycles. The highest BCUT2D eigenvalue weighted by Crippen LogP contribution is 2.65. The Morgan fingerprint density at radius 3 is 2.48 bits per heavy atom. The number of rotatable bonds is 6. The molecule has 29 heavy (non-hydrogen) atoms. The monoisotopic (exact) mass is 392 g/mol. The van der Waals surface area contributed by atoms with E-state index in [1.54, 1.807) is 5.57 Å². The van der Waals surface area contributed by atoms with Crippen molar-refractivity contribution in [2.24, 2.45) is 46.3 Å². The Morgan fingerprint density at radius 2 is 1.76 bits per heavy atom. The van der Waals surface area contributed by atoms with E-state index >= 15 is 0 Å². The van der Waals surface area contributed by atoms with Crippen LogP contribution in [-0.4, -0.2) is 0 Å². The van der Waals surface area contributed by atoms with Gasteiger partial charge in [0.05, 0.1) is 0 Å². The van der Waals surface area contributed by atoms with Crippen LogP contribution in [0.5, 0.6) is 0 Å². The third-order valence-electron chi connectivity index (χ3n) is 9.96. The van der Waals surface area contributed by atoms with E-state index in [1.807, 2.05) is 0 Å². The predicted octanol–water partition coefficient (Wildman–Crippen LogP) is 8.53.